The number of rotatable bonds is 14. The first-order valence-corrected chi connectivity index (χ1v) is 23.9. The molecule has 0 saturated carbocycles. The van der Waals surface area contributed by atoms with Gasteiger partial charge in [0.25, 0.3) is 0 Å². The molecule has 0 unspecified atom stereocenters. The predicted molar refractivity (Wildman–Crippen MR) is 269 cm³/mol. The van der Waals surface area contributed by atoms with E-state index in [1.807, 2.05) is 0 Å². The van der Waals surface area contributed by atoms with E-state index in [2.05, 4.69) is 25.9 Å². The highest BCUT2D eigenvalue weighted by molar-refractivity contribution is 6.05. The van der Waals surface area contributed by atoms with Gasteiger partial charge in [0.15, 0.2) is 0 Å². The third-order valence-electron chi connectivity index (χ3n) is 8.33. The number of amidine groups is 1. The number of ether oxygens (including phenoxy) is 6. The second-order valence-electron chi connectivity index (χ2n) is 22.6. The fraction of sp³-hybridized carbons (Fsp3) is 0.700. The van der Waals surface area contributed by atoms with Crippen LogP contribution < -0.4 is 16.0 Å². The number of guanidine groups is 2. The van der Waals surface area contributed by atoms with Gasteiger partial charge in [0.2, 0.25) is 11.9 Å². The molecule has 0 saturated heterocycles. The lowest BCUT2D eigenvalue weighted by Gasteiger charge is -2.34. The van der Waals surface area contributed by atoms with Crippen molar-refractivity contribution in [2.45, 2.75) is 210 Å². The molecule has 1 rings (SSSR count). The van der Waals surface area contributed by atoms with Crippen LogP contribution in [0.1, 0.15) is 181 Å². The van der Waals surface area contributed by atoms with Crippen molar-refractivity contribution in [2.75, 3.05) is 19.6 Å². The summed E-state index contributed by atoms with van der Waals surface area (Å²) in [5.74, 6) is -0.551. The Morgan fingerprint density at radius 3 is 1.31 bits per heavy atom. The summed E-state index contributed by atoms with van der Waals surface area (Å²) >= 11 is 0. The van der Waals surface area contributed by atoms with E-state index >= 15 is 0 Å². The topological polar surface area (TPSA) is 249 Å². The van der Waals surface area contributed by atoms with Crippen LogP contribution in [0, 0.1) is 5.41 Å². The molecule has 0 spiro atoms. The number of carbonyl (C=O) groups is 6. The molecule has 0 bridgehead atoms. The molecule has 396 valence electrons. The summed E-state index contributed by atoms with van der Waals surface area (Å²) < 4.78 is 33.1. The summed E-state index contributed by atoms with van der Waals surface area (Å²) in [7, 11) is 0. The van der Waals surface area contributed by atoms with Crippen LogP contribution in [-0.2, 0) is 34.8 Å². The van der Waals surface area contributed by atoms with E-state index in [-0.39, 0.29) is 30.8 Å². The number of aliphatic imine (C=N–C) groups is 2. The summed E-state index contributed by atoms with van der Waals surface area (Å²) in [6.45, 7) is 31.0. The molecule has 0 aliphatic carbocycles. The normalized spacial score (nSPS) is 12.8. The molecule has 0 aliphatic heterocycles. The van der Waals surface area contributed by atoms with E-state index in [4.69, 9.17) is 33.8 Å². The Morgan fingerprint density at radius 2 is 0.871 bits per heavy atom. The number of hydrogen-bond acceptors (Lipinski definition) is 13. The molecule has 6 amide bonds. The van der Waals surface area contributed by atoms with Crippen molar-refractivity contribution in [1.82, 2.24) is 25.8 Å². The van der Waals surface area contributed by atoms with Crippen LogP contribution in [0.25, 0.3) is 0 Å². The van der Waals surface area contributed by atoms with E-state index in [0.29, 0.717) is 44.2 Å². The number of nitrogens with one attached hydrogen (secondary N) is 4. The predicted octanol–water partition coefficient (Wildman–Crippen LogP) is 11.0. The first-order valence-electron chi connectivity index (χ1n) is 23.9. The SMILES string of the molecule is CC(C)(C)OC(=O)/N=C(/NCCCCCCCCN(C(=O)OC(C)(C)C)/C(=N\C(=O)OC(C)(C)C)N(CCCc1ccc(C(=N)NC(=O)OC(C)(C)C)cc1)C(=O)OC(C)(C)C)NC(=O)OC(C)(C)C. The molecule has 20 nitrogen and oxygen atoms in total. The van der Waals surface area contributed by atoms with E-state index in [0.717, 1.165) is 29.7 Å². The van der Waals surface area contributed by atoms with Crippen LogP contribution in [0.15, 0.2) is 34.3 Å². The largest absolute Gasteiger partial charge is 0.444 e. The van der Waals surface area contributed by atoms with Gasteiger partial charge < -0.3 is 33.7 Å². The van der Waals surface area contributed by atoms with E-state index < -0.39 is 70.2 Å². The molecule has 0 atom stereocenters. The molecule has 20 heteroatoms. The number of amides is 6. The molecular weight excluding hydrogens is 905 g/mol. The lowest BCUT2D eigenvalue weighted by atomic mass is 10.1. The summed E-state index contributed by atoms with van der Waals surface area (Å²) in [6.07, 6.45) is -0.341. The second-order valence-corrected chi connectivity index (χ2v) is 22.6. The number of alkyl carbamates (subject to hydrolysis) is 2. The van der Waals surface area contributed by atoms with Crippen molar-refractivity contribution in [1.29, 1.82) is 5.41 Å². The van der Waals surface area contributed by atoms with Gasteiger partial charge in [0.05, 0.1) is 0 Å². The fourth-order valence-corrected chi connectivity index (χ4v) is 5.77. The molecular formula is C50H84N8O12. The zero-order chi connectivity index (χ0) is 53.9. The van der Waals surface area contributed by atoms with Gasteiger partial charge in [-0.1, -0.05) is 49.9 Å². The van der Waals surface area contributed by atoms with Gasteiger partial charge in [0, 0.05) is 25.2 Å². The minimum Gasteiger partial charge on any atom is -0.444 e. The molecule has 0 aliphatic rings. The number of hydrogen-bond donors (Lipinski definition) is 4. The Morgan fingerprint density at radius 1 is 0.486 bits per heavy atom. The zero-order valence-electron chi connectivity index (χ0n) is 45.3. The number of aryl methyl sites for hydroxylation is 1. The molecule has 0 heterocycles. The Labute approximate surface area is 416 Å². The standard InChI is InChI=1S/C50H84N8O12/c1-45(2,3)65-39(59)53-36(51)35-29-27-34(28-30-35)26-25-33-58(44(64)70-50(16,17)18)38(56-42(62)68-48(10,11)12)57(43(63)69-49(13,14)15)32-24-22-20-19-21-23-31-52-37(54-40(60)66-46(4,5)6)55-41(61)67-47(7,8)9/h27-30H,19-26,31-33H2,1-18H3,(H2,51,53,59)(H2,52,54,55,60,61)/b56-38+. The molecule has 0 radical (unpaired) electrons. The fourth-order valence-electron chi connectivity index (χ4n) is 5.77. The van der Waals surface area contributed by atoms with Crippen LogP contribution >= 0.6 is 0 Å². The van der Waals surface area contributed by atoms with Crippen LogP contribution in [0.2, 0.25) is 0 Å². The zero-order valence-corrected chi connectivity index (χ0v) is 45.3. The summed E-state index contributed by atoms with van der Waals surface area (Å²) in [5.41, 5.74) is -3.88. The summed E-state index contributed by atoms with van der Waals surface area (Å²) in [6, 6.07) is 6.95. The smallest absolute Gasteiger partial charge is 0.437 e. The minimum atomic E-state index is -1.03. The highest BCUT2D eigenvalue weighted by Gasteiger charge is 2.35. The Bertz CT molecular complexity index is 1980. The Balaban J connectivity index is 3.33. The highest BCUT2D eigenvalue weighted by Crippen LogP contribution is 2.20. The summed E-state index contributed by atoms with van der Waals surface area (Å²) in [5, 5.41) is 16.2. The van der Waals surface area contributed by atoms with Gasteiger partial charge in [0.1, 0.15) is 39.4 Å². The van der Waals surface area contributed by atoms with E-state index in [1.54, 1.807) is 149 Å². The third-order valence-corrected chi connectivity index (χ3v) is 8.33. The lowest BCUT2D eigenvalue weighted by molar-refractivity contribution is 0.0270. The number of benzene rings is 1. The van der Waals surface area contributed by atoms with Gasteiger partial charge in [-0.15, -0.1) is 9.98 Å². The highest BCUT2D eigenvalue weighted by atomic mass is 16.6. The maximum Gasteiger partial charge on any atom is 0.437 e. The second kappa shape index (κ2) is 26.9. The number of nitrogens with zero attached hydrogens (tertiary/aromatic N) is 4. The summed E-state index contributed by atoms with van der Waals surface area (Å²) in [4.78, 5) is 89.3. The van der Waals surface area contributed by atoms with Crippen molar-refractivity contribution in [3.63, 3.8) is 0 Å². The Kier molecular flexibility index (Phi) is 23.8. The van der Waals surface area contributed by atoms with Crippen LogP contribution in [-0.4, -0.2) is 117 Å². The molecule has 70 heavy (non-hydrogen) atoms. The van der Waals surface area contributed by atoms with E-state index in [9.17, 15) is 28.8 Å². The van der Waals surface area contributed by atoms with Crippen molar-refractivity contribution < 1.29 is 57.2 Å². The van der Waals surface area contributed by atoms with Crippen LogP contribution in [0.4, 0.5) is 28.8 Å². The van der Waals surface area contributed by atoms with Gasteiger partial charge in [-0.3, -0.25) is 16.0 Å². The van der Waals surface area contributed by atoms with Gasteiger partial charge >= 0.3 is 36.6 Å². The average molecular weight is 989 g/mol. The molecule has 0 aromatic heterocycles. The van der Waals surface area contributed by atoms with Crippen LogP contribution in [0.5, 0.6) is 0 Å². The van der Waals surface area contributed by atoms with Crippen molar-refractivity contribution in [2.24, 2.45) is 9.98 Å². The minimum absolute atomic E-state index is 0.0168. The maximum absolute atomic E-state index is 14.1. The number of carbonyl (C=O) groups excluding carboxylic acids is 6. The van der Waals surface area contributed by atoms with Crippen molar-refractivity contribution in [3.8, 4) is 0 Å². The molecule has 1 aromatic carbocycles. The third kappa shape index (κ3) is 29.8. The van der Waals surface area contributed by atoms with E-state index in [1.165, 1.54) is 4.90 Å². The Hall–Kier alpha value is -5.95. The van der Waals surface area contributed by atoms with Crippen molar-refractivity contribution >= 4 is 54.3 Å². The monoisotopic (exact) mass is 989 g/mol. The first kappa shape index (κ1) is 62.1. The first-order chi connectivity index (χ1) is 31.8. The maximum atomic E-state index is 14.1. The average Bonchev–Trinajstić information content (AvgIpc) is 3.12. The molecule has 4 N–H and O–H groups in total. The quantitative estimate of drug-likeness (QED) is 0.0587. The van der Waals surface area contributed by atoms with Gasteiger partial charge in [-0.2, -0.15) is 0 Å². The van der Waals surface area contributed by atoms with Gasteiger partial charge in [-0.05, 0) is 156 Å². The van der Waals surface area contributed by atoms with Crippen LogP contribution in [0.3, 0.4) is 0 Å². The molecule has 0 fully saturated rings. The lowest BCUT2D eigenvalue weighted by Crippen LogP contribution is -2.53. The number of unbranched alkanes of at least 4 members (excludes halogenated alkanes) is 5. The van der Waals surface area contributed by atoms with Crippen molar-refractivity contribution in [3.05, 3.63) is 35.4 Å². The van der Waals surface area contributed by atoms with Gasteiger partial charge in [-0.25, -0.2) is 38.6 Å². The molecule has 1 aromatic rings.